The average molecular weight is 362 g/mol. The largest absolute Gasteiger partial charge is 0.481 e. The highest BCUT2D eigenvalue weighted by atomic mass is 32.1. The average Bonchev–Trinajstić information content (AvgIpc) is 3.22. The maximum Gasteiger partial charge on any atom is 0.303 e. The van der Waals surface area contributed by atoms with E-state index < -0.39 is 5.97 Å². The van der Waals surface area contributed by atoms with Crippen molar-refractivity contribution in [3.05, 3.63) is 26.6 Å². The maximum absolute atomic E-state index is 13.2. The number of aliphatic carboxylic acids is 1. The van der Waals surface area contributed by atoms with Crippen LogP contribution in [0.3, 0.4) is 0 Å². The molecule has 7 heteroatoms. The van der Waals surface area contributed by atoms with E-state index in [0.717, 1.165) is 55.3 Å². The van der Waals surface area contributed by atoms with Gasteiger partial charge < -0.3 is 9.84 Å². The van der Waals surface area contributed by atoms with Gasteiger partial charge in [-0.05, 0) is 44.1 Å². The molecule has 1 atom stereocenters. The van der Waals surface area contributed by atoms with Crippen LogP contribution in [0.25, 0.3) is 10.2 Å². The van der Waals surface area contributed by atoms with Crippen LogP contribution in [-0.2, 0) is 35.3 Å². The Labute approximate surface area is 149 Å². The summed E-state index contributed by atoms with van der Waals surface area (Å²) >= 11 is 1.61. The van der Waals surface area contributed by atoms with Gasteiger partial charge in [0.15, 0.2) is 0 Å². The third kappa shape index (κ3) is 3.22. The van der Waals surface area contributed by atoms with E-state index in [4.69, 9.17) is 14.8 Å². The van der Waals surface area contributed by atoms with Crippen LogP contribution >= 0.6 is 11.3 Å². The number of hydrogen-bond acceptors (Lipinski definition) is 5. The molecule has 3 heterocycles. The Balaban J connectivity index is 1.81. The molecule has 1 N–H and O–H groups in total. The van der Waals surface area contributed by atoms with Gasteiger partial charge in [-0.15, -0.1) is 11.3 Å². The quantitative estimate of drug-likeness (QED) is 0.884. The number of carbonyl (C=O) groups is 1. The number of fused-ring (bicyclic) bond motifs is 3. The van der Waals surface area contributed by atoms with Gasteiger partial charge in [0.05, 0.1) is 24.5 Å². The minimum atomic E-state index is -0.872. The van der Waals surface area contributed by atoms with E-state index in [0.29, 0.717) is 12.4 Å². The molecule has 25 heavy (non-hydrogen) atoms. The van der Waals surface area contributed by atoms with Crippen LogP contribution in [0.2, 0.25) is 0 Å². The number of thiophene rings is 1. The summed E-state index contributed by atoms with van der Waals surface area (Å²) in [5.74, 6) is -0.294. The van der Waals surface area contributed by atoms with Gasteiger partial charge in [0.1, 0.15) is 10.7 Å². The summed E-state index contributed by atoms with van der Waals surface area (Å²) in [5, 5.41) is 9.79. The lowest BCUT2D eigenvalue weighted by Gasteiger charge is -2.16. The Bertz CT molecular complexity index is 864. The molecule has 0 radical (unpaired) electrons. The highest BCUT2D eigenvalue weighted by Gasteiger charge is 2.24. The lowest BCUT2D eigenvalue weighted by atomic mass is 9.97. The molecule has 1 aliphatic heterocycles. The molecule has 1 fully saturated rings. The molecule has 2 aromatic rings. The first-order valence-electron chi connectivity index (χ1n) is 9.01. The van der Waals surface area contributed by atoms with Crippen LogP contribution < -0.4 is 5.56 Å². The number of carboxylic acid groups (broad SMARTS) is 1. The molecule has 0 aromatic carbocycles. The summed E-state index contributed by atoms with van der Waals surface area (Å²) in [5.41, 5.74) is 1.16. The van der Waals surface area contributed by atoms with E-state index in [-0.39, 0.29) is 24.5 Å². The highest BCUT2D eigenvalue weighted by molar-refractivity contribution is 7.18. The van der Waals surface area contributed by atoms with E-state index in [1.165, 1.54) is 10.4 Å². The van der Waals surface area contributed by atoms with Gasteiger partial charge in [-0.25, -0.2) is 4.98 Å². The van der Waals surface area contributed by atoms with Crippen molar-refractivity contribution in [2.75, 3.05) is 6.61 Å². The molecule has 0 amide bonds. The Morgan fingerprint density at radius 2 is 2.16 bits per heavy atom. The SMILES string of the molecule is O=C(O)CCc1nc2sc3c(c2c(=O)n1C[C@@H]1CCCO1)CCCC3. The van der Waals surface area contributed by atoms with Crippen molar-refractivity contribution >= 4 is 27.5 Å². The fourth-order valence-corrected chi connectivity index (χ4v) is 5.14. The van der Waals surface area contributed by atoms with Crippen molar-refractivity contribution in [2.24, 2.45) is 0 Å². The summed E-state index contributed by atoms with van der Waals surface area (Å²) in [6.45, 7) is 1.20. The number of aromatic nitrogens is 2. The van der Waals surface area contributed by atoms with Crippen molar-refractivity contribution in [1.82, 2.24) is 9.55 Å². The van der Waals surface area contributed by atoms with Crippen LogP contribution in [0.15, 0.2) is 4.79 Å². The fraction of sp³-hybridized carbons (Fsp3) is 0.611. The smallest absolute Gasteiger partial charge is 0.303 e. The van der Waals surface area contributed by atoms with E-state index in [2.05, 4.69) is 0 Å². The van der Waals surface area contributed by atoms with Crippen LogP contribution in [-0.4, -0.2) is 33.3 Å². The fourth-order valence-electron chi connectivity index (χ4n) is 3.87. The second-order valence-corrected chi connectivity index (χ2v) is 7.95. The molecule has 1 saturated heterocycles. The molecule has 2 aromatic heterocycles. The number of nitrogens with zero attached hydrogens (tertiary/aromatic N) is 2. The Morgan fingerprint density at radius 3 is 2.92 bits per heavy atom. The van der Waals surface area contributed by atoms with Crippen LogP contribution in [0.5, 0.6) is 0 Å². The molecule has 2 aliphatic rings. The lowest BCUT2D eigenvalue weighted by Crippen LogP contribution is -2.30. The molecule has 0 spiro atoms. The molecule has 6 nitrogen and oxygen atoms in total. The molecule has 0 bridgehead atoms. The third-order valence-electron chi connectivity index (χ3n) is 5.13. The van der Waals surface area contributed by atoms with E-state index in [1.807, 2.05) is 0 Å². The zero-order chi connectivity index (χ0) is 17.4. The maximum atomic E-state index is 13.2. The first-order valence-corrected chi connectivity index (χ1v) is 9.82. The van der Waals surface area contributed by atoms with Gasteiger partial charge >= 0.3 is 5.97 Å². The van der Waals surface area contributed by atoms with Crippen LogP contribution in [0, 0.1) is 0 Å². The standard InChI is InChI=1S/C18H22N2O4S/c21-15(22)8-7-14-19-17-16(12-5-1-2-6-13(12)25-17)18(23)20(14)10-11-4-3-9-24-11/h11H,1-10H2,(H,21,22)/t11-/m0/s1. The normalized spacial score (nSPS) is 20.1. The van der Waals surface area contributed by atoms with Gasteiger partial charge in [-0.2, -0.15) is 0 Å². The summed E-state index contributed by atoms with van der Waals surface area (Å²) in [4.78, 5) is 31.0. The van der Waals surface area contributed by atoms with Gasteiger partial charge in [-0.1, -0.05) is 0 Å². The van der Waals surface area contributed by atoms with Crippen molar-refractivity contribution in [3.63, 3.8) is 0 Å². The molecule has 1 aliphatic carbocycles. The lowest BCUT2D eigenvalue weighted by molar-refractivity contribution is -0.137. The topological polar surface area (TPSA) is 81.4 Å². The van der Waals surface area contributed by atoms with E-state index in [9.17, 15) is 9.59 Å². The predicted octanol–water partition coefficient (Wildman–Crippen LogP) is 2.53. The molecule has 0 saturated carbocycles. The first-order chi connectivity index (χ1) is 12.1. The van der Waals surface area contributed by atoms with Crippen LogP contribution in [0.1, 0.15) is 48.4 Å². The zero-order valence-electron chi connectivity index (χ0n) is 14.1. The minimum absolute atomic E-state index is 0.0136. The predicted molar refractivity (Wildman–Crippen MR) is 95.5 cm³/mol. The van der Waals surface area contributed by atoms with Gasteiger partial charge in [0, 0.05) is 17.9 Å². The number of rotatable bonds is 5. The minimum Gasteiger partial charge on any atom is -0.481 e. The van der Waals surface area contributed by atoms with Gasteiger partial charge in [0.25, 0.3) is 5.56 Å². The number of aryl methyl sites for hydroxylation is 3. The van der Waals surface area contributed by atoms with Gasteiger partial charge in [-0.3, -0.25) is 14.2 Å². The van der Waals surface area contributed by atoms with Crippen molar-refractivity contribution in [1.29, 1.82) is 0 Å². The monoisotopic (exact) mass is 362 g/mol. The Morgan fingerprint density at radius 1 is 1.32 bits per heavy atom. The van der Waals surface area contributed by atoms with Crippen molar-refractivity contribution < 1.29 is 14.6 Å². The van der Waals surface area contributed by atoms with E-state index in [1.54, 1.807) is 15.9 Å². The second-order valence-electron chi connectivity index (χ2n) is 6.86. The summed E-state index contributed by atoms with van der Waals surface area (Å²) in [7, 11) is 0. The second kappa shape index (κ2) is 6.88. The molecule has 0 unspecified atom stereocenters. The molecular weight excluding hydrogens is 340 g/mol. The summed E-state index contributed by atoms with van der Waals surface area (Å²) < 4.78 is 7.38. The molecular formula is C18H22N2O4S. The molecule has 134 valence electrons. The molecule has 4 rings (SSSR count). The number of carboxylic acids is 1. The van der Waals surface area contributed by atoms with Crippen molar-refractivity contribution in [2.45, 2.75) is 64.0 Å². The third-order valence-corrected chi connectivity index (χ3v) is 6.31. The number of ether oxygens (including phenoxy) is 1. The summed E-state index contributed by atoms with van der Waals surface area (Å²) in [6.07, 6.45) is 6.46. The van der Waals surface area contributed by atoms with Crippen molar-refractivity contribution in [3.8, 4) is 0 Å². The highest BCUT2D eigenvalue weighted by Crippen LogP contribution is 2.34. The first kappa shape index (κ1) is 16.7. The zero-order valence-corrected chi connectivity index (χ0v) is 14.9. The Kier molecular flexibility index (Phi) is 4.60. The van der Waals surface area contributed by atoms with Crippen LogP contribution in [0.4, 0.5) is 0 Å². The van der Waals surface area contributed by atoms with Gasteiger partial charge in [0.2, 0.25) is 0 Å². The Hall–Kier alpha value is -1.73. The van der Waals surface area contributed by atoms with E-state index >= 15 is 0 Å². The number of hydrogen-bond donors (Lipinski definition) is 1. The summed E-state index contributed by atoms with van der Waals surface area (Å²) in [6, 6.07) is 0.